The Bertz CT molecular complexity index is 719. The predicted octanol–water partition coefficient (Wildman–Crippen LogP) is 6.75. The summed E-state index contributed by atoms with van der Waals surface area (Å²) < 4.78 is 11.5. The molecule has 0 aliphatic heterocycles. The molecule has 0 unspecified atom stereocenters. The molecule has 0 radical (unpaired) electrons. The summed E-state index contributed by atoms with van der Waals surface area (Å²) in [7, 11) is 1.75. The summed E-state index contributed by atoms with van der Waals surface area (Å²) in [5.41, 5.74) is 0.750. The minimum absolute atomic E-state index is 0.163. The van der Waals surface area contributed by atoms with Gasteiger partial charge in [0.1, 0.15) is 18.1 Å². The van der Waals surface area contributed by atoms with E-state index < -0.39 is 0 Å². The second-order valence-corrected chi connectivity index (χ2v) is 7.86. The Hall–Kier alpha value is -2.69. The second kappa shape index (κ2) is 15.2. The molecule has 2 rings (SSSR count). The average Bonchev–Trinajstić information content (AvgIpc) is 2.79. The summed E-state index contributed by atoms with van der Waals surface area (Å²) >= 11 is 0. The van der Waals surface area contributed by atoms with Crippen LogP contribution < -0.4 is 14.8 Å². The molecule has 2 aromatic carbocycles. The molecule has 170 valence electrons. The van der Waals surface area contributed by atoms with Gasteiger partial charge >= 0.3 is 6.03 Å². The van der Waals surface area contributed by atoms with Crippen LogP contribution in [0.2, 0.25) is 0 Å². The van der Waals surface area contributed by atoms with Crippen LogP contribution in [0, 0.1) is 0 Å². The lowest BCUT2D eigenvalue weighted by Crippen LogP contribution is -2.34. The summed E-state index contributed by atoms with van der Waals surface area (Å²) in [6, 6.07) is 17.0. The Morgan fingerprint density at radius 2 is 1.35 bits per heavy atom. The van der Waals surface area contributed by atoms with Crippen molar-refractivity contribution in [2.24, 2.45) is 0 Å². The maximum absolute atomic E-state index is 12.3. The van der Waals surface area contributed by atoms with Crippen LogP contribution in [0.1, 0.15) is 58.3 Å². The number of nitrogens with zero attached hydrogens (tertiary/aromatic N) is 1. The van der Waals surface area contributed by atoms with Gasteiger partial charge in [-0.15, -0.1) is 0 Å². The van der Waals surface area contributed by atoms with E-state index in [1.165, 1.54) is 44.9 Å². The highest BCUT2D eigenvalue weighted by Gasteiger charge is 2.09. The first kappa shape index (κ1) is 24.6. The molecule has 0 aliphatic rings. The number of nitrogens with one attached hydrogen (secondary N) is 1. The van der Waals surface area contributed by atoms with E-state index in [0.29, 0.717) is 13.2 Å². The van der Waals surface area contributed by atoms with E-state index in [0.717, 1.165) is 30.2 Å². The number of hydrogen-bond donors (Lipinski definition) is 1. The van der Waals surface area contributed by atoms with E-state index in [1.807, 2.05) is 54.6 Å². The highest BCUT2D eigenvalue weighted by Crippen LogP contribution is 2.17. The maximum Gasteiger partial charge on any atom is 0.321 e. The van der Waals surface area contributed by atoms with Crippen molar-refractivity contribution in [1.29, 1.82) is 0 Å². The summed E-state index contributed by atoms with van der Waals surface area (Å²) in [5, 5.41) is 2.90. The van der Waals surface area contributed by atoms with Crippen molar-refractivity contribution < 1.29 is 14.3 Å². The molecule has 0 saturated heterocycles. The van der Waals surface area contributed by atoms with Gasteiger partial charge in [0.2, 0.25) is 0 Å². The van der Waals surface area contributed by atoms with Gasteiger partial charge in [-0.3, -0.25) is 0 Å². The number of unbranched alkanes of at least 4 members (excludes halogenated alkanes) is 7. The summed E-state index contributed by atoms with van der Waals surface area (Å²) in [6.07, 6.45) is 10.3. The van der Waals surface area contributed by atoms with Gasteiger partial charge in [0.05, 0.1) is 13.2 Å². The zero-order valence-electron chi connectivity index (χ0n) is 19.1. The van der Waals surface area contributed by atoms with Gasteiger partial charge in [-0.1, -0.05) is 70.1 Å². The van der Waals surface area contributed by atoms with Gasteiger partial charge in [-0.25, -0.2) is 4.79 Å². The smallest absolute Gasteiger partial charge is 0.321 e. The molecule has 2 amide bonds. The van der Waals surface area contributed by atoms with Crippen molar-refractivity contribution in [3.63, 3.8) is 0 Å². The van der Waals surface area contributed by atoms with Gasteiger partial charge < -0.3 is 19.7 Å². The fraction of sp³-hybridized carbons (Fsp3) is 0.500. The molecule has 1 N–H and O–H groups in total. The van der Waals surface area contributed by atoms with Crippen LogP contribution >= 0.6 is 0 Å². The van der Waals surface area contributed by atoms with E-state index in [4.69, 9.17) is 9.47 Å². The first-order chi connectivity index (χ1) is 15.2. The molecule has 5 heteroatoms. The van der Waals surface area contributed by atoms with Gasteiger partial charge in [-0.05, 0) is 42.8 Å². The first-order valence-corrected chi connectivity index (χ1v) is 11.6. The minimum Gasteiger partial charge on any atom is -0.494 e. The predicted molar refractivity (Wildman–Crippen MR) is 128 cm³/mol. The highest BCUT2D eigenvalue weighted by atomic mass is 16.5. The molecule has 0 spiro atoms. The quantitative estimate of drug-likeness (QED) is 0.321. The van der Waals surface area contributed by atoms with Crippen LogP contribution in [0.5, 0.6) is 11.5 Å². The number of rotatable bonds is 15. The number of hydrogen-bond acceptors (Lipinski definition) is 3. The third-order valence-electron chi connectivity index (χ3n) is 5.16. The Kier molecular flexibility index (Phi) is 12.0. The van der Waals surface area contributed by atoms with E-state index in [-0.39, 0.29) is 6.03 Å². The third kappa shape index (κ3) is 10.8. The Labute approximate surface area is 187 Å². The summed E-state index contributed by atoms with van der Waals surface area (Å²) in [6.45, 7) is 3.94. The molecule has 0 fully saturated rings. The lowest BCUT2D eigenvalue weighted by molar-refractivity contribution is 0.207. The van der Waals surface area contributed by atoms with Crippen molar-refractivity contribution in [3.8, 4) is 11.5 Å². The highest BCUT2D eigenvalue weighted by molar-refractivity contribution is 5.89. The van der Waals surface area contributed by atoms with E-state index >= 15 is 0 Å². The molecular formula is C26H38N2O3. The van der Waals surface area contributed by atoms with Crippen LogP contribution in [-0.2, 0) is 0 Å². The van der Waals surface area contributed by atoms with Gasteiger partial charge in [0, 0.05) is 12.7 Å². The number of benzene rings is 2. The molecule has 0 aromatic heterocycles. The van der Waals surface area contributed by atoms with Gasteiger partial charge in [0.15, 0.2) is 0 Å². The van der Waals surface area contributed by atoms with Crippen LogP contribution in [-0.4, -0.2) is 37.7 Å². The van der Waals surface area contributed by atoms with E-state index in [2.05, 4.69) is 12.2 Å². The molecule has 0 bridgehead atoms. The molecule has 0 heterocycles. The molecular weight excluding hydrogens is 388 g/mol. The number of likely N-dealkylation sites (N-methyl/N-ethyl adjacent to an activating group) is 1. The number of urea groups is 1. The fourth-order valence-corrected chi connectivity index (χ4v) is 3.20. The number of para-hydroxylation sites is 1. The molecule has 31 heavy (non-hydrogen) atoms. The van der Waals surface area contributed by atoms with Crippen LogP contribution in [0.4, 0.5) is 10.5 Å². The molecule has 2 aromatic rings. The number of ether oxygens (including phenoxy) is 2. The lowest BCUT2D eigenvalue weighted by atomic mass is 10.1. The monoisotopic (exact) mass is 426 g/mol. The zero-order chi connectivity index (χ0) is 22.2. The van der Waals surface area contributed by atoms with Crippen molar-refractivity contribution in [3.05, 3.63) is 54.6 Å². The number of amides is 2. The largest absolute Gasteiger partial charge is 0.494 e. The minimum atomic E-state index is -0.163. The average molecular weight is 427 g/mol. The van der Waals surface area contributed by atoms with Crippen molar-refractivity contribution in [2.45, 2.75) is 58.3 Å². The standard InChI is InChI=1S/C26H38N2O3/c1-3-4-5-6-7-8-9-13-21-30-25-18-16-23(17-19-25)27-26(29)28(2)20-22-31-24-14-11-10-12-15-24/h10-12,14-19H,3-9,13,20-22H2,1-2H3,(H,27,29). The summed E-state index contributed by atoms with van der Waals surface area (Å²) in [5.74, 6) is 1.64. The SMILES string of the molecule is CCCCCCCCCCOc1ccc(NC(=O)N(C)CCOc2ccccc2)cc1. The fourth-order valence-electron chi connectivity index (χ4n) is 3.20. The van der Waals surface area contributed by atoms with Crippen LogP contribution in [0.25, 0.3) is 0 Å². The number of carbonyl (C=O) groups is 1. The van der Waals surface area contributed by atoms with Crippen molar-refractivity contribution >= 4 is 11.7 Å². The molecule has 0 saturated carbocycles. The van der Waals surface area contributed by atoms with Crippen LogP contribution in [0.15, 0.2) is 54.6 Å². The third-order valence-corrected chi connectivity index (χ3v) is 5.16. The van der Waals surface area contributed by atoms with Crippen molar-refractivity contribution in [1.82, 2.24) is 4.90 Å². The van der Waals surface area contributed by atoms with Crippen molar-refractivity contribution in [2.75, 3.05) is 32.1 Å². The van der Waals surface area contributed by atoms with E-state index in [1.54, 1.807) is 11.9 Å². The Morgan fingerprint density at radius 1 is 0.774 bits per heavy atom. The normalized spacial score (nSPS) is 10.5. The molecule has 0 aliphatic carbocycles. The zero-order valence-corrected chi connectivity index (χ0v) is 19.1. The van der Waals surface area contributed by atoms with Crippen LogP contribution in [0.3, 0.4) is 0 Å². The molecule has 5 nitrogen and oxygen atoms in total. The Balaban J connectivity index is 1.57. The maximum atomic E-state index is 12.3. The number of carbonyl (C=O) groups excluding carboxylic acids is 1. The topological polar surface area (TPSA) is 50.8 Å². The van der Waals surface area contributed by atoms with E-state index in [9.17, 15) is 4.79 Å². The molecule has 0 atom stereocenters. The first-order valence-electron chi connectivity index (χ1n) is 11.6. The number of anilines is 1. The van der Waals surface area contributed by atoms with Gasteiger partial charge in [-0.2, -0.15) is 0 Å². The Morgan fingerprint density at radius 3 is 2.03 bits per heavy atom. The van der Waals surface area contributed by atoms with Gasteiger partial charge in [0.25, 0.3) is 0 Å². The summed E-state index contributed by atoms with van der Waals surface area (Å²) in [4.78, 5) is 13.9. The second-order valence-electron chi connectivity index (χ2n) is 7.86. The lowest BCUT2D eigenvalue weighted by Gasteiger charge is -2.18.